The van der Waals surface area contributed by atoms with Gasteiger partial charge in [-0.05, 0) is 46.7 Å². The van der Waals surface area contributed by atoms with Crippen molar-refractivity contribution in [2.75, 3.05) is 0 Å². The van der Waals surface area contributed by atoms with E-state index < -0.39 is 4.92 Å². The number of furan rings is 1. The summed E-state index contributed by atoms with van der Waals surface area (Å²) in [5.74, 6) is 0.748. The van der Waals surface area contributed by atoms with E-state index in [2.05, 4.69) is 26.5 Å². The summed E-state index contributed by atoms with van der Waals surface area (Å²) in [6, 6.07) is 21.2. The van der Waals surface area contributed by atoms with Crippen LogP contribution in [0.15, 0.2) is 86.8 Å². The summed E-state index contributed by atoms with van der Waals surface area (Å²) in [7, 11) is 0. The third kappa shape index (κ3) is 4.70. The Bertz CT molecular complexity index is 1300. The lowest BCUT2D eigenvalue weighted by atomic mass is 10.0. The third-order valence-corrected chi connectivity index (χ3v) is 5.37. The number of nitrogens with one attached hydrogen (secondary N) is 1. The highest BCUT2D eigenvalue weighted by molar-refractivity contribution is 9.10. The first kappa shape index (κ1) is 20.5. The van der Waals surface area contributed by atoms with Crippen molar-refractivity contribution in [1.29, 1.82) is 0 Å². The first-order chi connectivity index (χ1) is 15.0. The van der Waals surface area contributed by atoms with Crippen molar-refractivity contribution in [2.45, 2.75) is 6.42 Å². The molecule has 0 atom stereocenters. The van der Waals surface area contributed by atoms with Crippen molar-refractivity contribution >= 4 is 44.5 Å². The van der Waals surface area contributed by atoms with Gasteiger partial charge in [0.15, 0.2) is 0 Å². The number of nitro groups is 1. The summed E-state index contributed by atoms with van der Waals surface area (Å²) >= 11 is 3.53. The molecule has 0 unspecified atom stereocenters. The lowest BCUT2D eigenvalue weighted by molar-refractivity contribution is -0.384. The number of hydrazone groups is 1. The highest BCUT2D eigenvalue weighted by Gasteiger charge is 2.09. The van der Waals surface area contributed by atoms with E-state index in [1.165, 1.54) is 18.3 Å². The second kappa shape index (κ2) is 8.93. The molecule has 4 rings (SSSR count). The van der Waals surface area contributed by atoms with Crippen molar-refractivity contribution in [3.8, 4) is 11.3 Å². The van der Waals surface area contributed by atoms with E-state index in [-0.39, 0.29) is 18.0 Å². The number of nitro benzene ring substituents is 1. The largest absolute Gasteiger partial charge is 0.455 e. The van der Waals surface area contributed by atoms with E-state index in [0.29, 0.717) is 17.1 Å². The highest BCUT2D eigenvalue weighted by Crippen LogP contribution is 2.27. The van der Waals surface area contributed by atoms with E-state index in [0.717, 1.165) is 20.8 Å². The molecule has 7 nitrogen and oxygen atoms in total. The van der Waals surface area contributed by atoms with Crippen molar-refractivity contribution in [1.82, 2.24) is 5.43 Å². The van der Waals surface area contributed by atoms with Gasteiger partial charge in [-0.15, -0.1) is 0 Å². The molecule has 0 fully saturated rings. The maximum Gasteiger partial charge on any atom is 0.269 e. The van der Waals surface area contributed by atoms with Crippen LogP contribution in [0.25, 0.3) is 22.1 Å². The van der Waals surface area contributed by atoms with E-state index in [1.54, 1.807) is 24.3 Å². The number of carbonyl (C=O) groups excluding carboxylic acids is 1. The minimum absolute atomic E-state index is 0.0124. The molecular formula is C23H16BrN3O4. The number of benzene rings is 3. The number of halogens is 1. The molecule has 0 spiro atoms. The minimum atomic E-state index is -0.455. The molecule has 0 saturated carbocycles. The van der Waals surface area contributed by atoms with E-state index in [9.17, 15) is 14.9 Å². The average Bonchev–Trinajstić information content (AvgIpc) is 3.25. The van der Waals surface area contributed by atoms with Gasteiger partial charge in [0.2, 0.25) is 5.91 Å². The van der Waals surface area contributed by atoms with Gasteiger partial charge < -0.3 is 4.42 Å². The molecule has 1 heterocycles. The summed E-state index contributed by atoms with van der Waals surface area (Å²) in [6.07, 6.45) is 1.60. The number of fused-ring (bicyclic) bond motifs is 1. The van der Waals surface area contributed by atoms with Crippen LogP contribution in [0.3, 0.4) is 0 Å². The number of hydrogen-bond acceptors (Lipinski definition) is 5. The Morgan fingerprint density at radius 3 is 2.52 bits per heavy atom. The standard InChI is InChI=1S/C23H16BrN3O4/c24-21-11-7-16(19-3-1-2-4-20(19)21)13-23(28)26-25-14-18-10-12-22(31-18)15-5-8-17(9-6-15)27(29)30/h1-12,14H,13H2,(H,26,28)/b25-14+. The summed E-state index contributed by atoms with van der Waals surface area (Å²) in [5.41, 5.74) is 4.14. The fourth-order valence-corrected chi connectivity index (χ4v) is 3.66. The molecule has 1 amide bonds. The van der Waals surface area contributed by atoms with E-state index in [1.807, 2.05) is 36.4 Å². The fourth-order valence-electron chi connectivity index (χ4n) is 3.18. The molecule has 1 aromatic heterocycles. The molecular weight excluding hydrogens is 462 g/mol. The van der Waals surface area contributed by atoms with E-state index in [4.69, 9.17) is 4.42 Å². The van der Waals surface area contributed by atoms with Crippen LogP contribution in [0.2, 0.25) is 0 Å². The van der Waals surface area contributed by atoms with Crippen LogP contribution in [-0.2, 0) is 11.2 Å². The molecule has 3 aromatic carbocycles. The average molecular weight is 478 g/mol. The molecule has 4 aromatic rings. The van der Waals surface area contributed by atoms with Crippen molar-refractivity contribution < 1.29 is 14.1 Å². The summed E-state index contributed by atoms with van der Waals surface area (Å²) in [6.45, 7) is 0. The van der Waals surface area contributed by atoms with Crippen LogP contribution in [-0.4, -0.2) is 17.0 Å². The normalized spacial score (nSPS) is 11.1. The molecule has 0 radical (unpaired) electrons. The fraction of sp³-hybridized carbons (Fsp3) is 0.0435. The van der Waals surface area contributed by atoms with Gasteiger partial charge in [0.1, 0.15) is 11.5 Å². The Hall–Kier alpha value is -3.78. The summed E-state index contributed by atoms with van der Waals surface area (Å²) < 4.78 is 6.64. The number of non-ortho nitro benzene ring substituents is 1. The van der Waals surface area contributed by atoms with Crippen LogP contribution in [0.4, 0.5) is 5.69 Å². The first-order valence-electron chi connectivity index (χ1n) is 9.34. The van der Waals surface area contributed by atoms with Crippen LogP contribution < -0.4 is 5.43 Å². The molecule has 0 aliphatic heterocycles. The molecule has 0 saturated heterocycles. The Balaban J connectivity index is 1.40. The predicted molar refractivity (Wildman–Crippen MR) is 122 cm³/mol. The molecule has 0 aliphatic rings. The molecule has 0 aliphatic carbocycles. The van der Waals surface area contributed by atoms with Gasteiger partial charge in [-0.25, -0.2) is 5.43 Å². The quantitative estimate of drug-likeness (QED) is 0.226. The van der Waals surface area contributed by atoms with Gasteiger partial charge in [0.05, 0.1) is 17.6 Å². The van der Waals surface area contributed by atoms with Gasteiger partial charge in [-0.3, -0.25) is 14.9 Å². The minimum Gasteiger partial charge on any atom is -0.455 e. The van der Waals surface area contributed by atoms with Crippen LogP contribution in [0, 0.1) is 10.1 Å². The monoisotopic (exact) mass is 477 g/mol. The zero-order chi connectivity index (χ0) is 21.8. The lowest BCUT2D eigenvalue weighted by Crippen LogP contribution is -2.19. The smallest absolute Gasteiger partial charge is 0.269 e. The Morgan fingerprint density at radius 2 is 1.77 bits per heavy atom. The number of carbonyl (C=O) groups is 1. The Labute approximate surface area is 185 Å². The number of amides is 1. The lowest BCUT2D eigenvalue weighted by Gasteiger charge is -2.07. The van der Waals surface area contributed by atoms with Gasteiger partial charge in [0.25, 0.3) is 5.69 Å². The topological polar surface area (TPSA) is 97.7 Å². The van der Waals surface area contributed by atoms with Crippen LogP contribution in [0.5, 0.6) is 0 Å². The van der Waals surface area contributed by atoms with Crippen LogP contribution >= 0.6 is 15.9 Å². The molecule has 31 heavy (non-hydrogen) atoms. The molecule has 0 bridgehead atoms. The number of hydrogen-bond donors (Lipinski definition) is 1. The second-order valence-corrected chi connectivity index (χ2v) is 7.58. The predicted octanol–water partition coefficient (Wildman–Crippen LogP) is 5.46. The maximum absolute atomic E-state index is 12.3. The van der Waals surface area contributed by atoms with Gasteiger partial charge in [-0.1, -0.05) is 46.3 Å². The summed E-state index contributed by atoms with van der Waals surface area (Å²) in [4.78, 5) is 22.6. The van der Waals surface area contributed by atoms with Crippen molar-refractivity contribution in [3.63, 3.8) is 0 Å². The first-order valence-corrected chi connectivity index (χ1v) is 10.1. The molecule has 154 valence electrons. The Kier molecular flexibility index (Phi) is 5.90. The van der Waals surface area contributed by atoms with Gasteiger partial charge >= 0.3 is 0 Å². The maximum atomic E-state index is 12.3. The van der Waals surface area contributed by atoms with Crippen molar-refractivity contribution in [3.05, 3.63) is 98.7 Å². The zero-order valence-corrected chi connectivity index (χ0v) is 17.7. The molecule has 8 heteroatoms. The zero-order valence-electron chi connectivity index (χ0n) is 16.1. The number of nitrogens with zero attached hydrogens (tertiary/aromatic N) is 2. The molecule has 1 N–H and O–H groups in total. The van der Waals surface area contributed by atoms with Gasteiger partial charge in [-0.2, -0.15) is 5.10 Å². The van der Waals surface area contributed by atoms with Crippen LogP contribution in [0.1, 0.15) is 11.3 Å². The SMILES string of the molecule is O=C(Cc1ccc(Br)c2ccccc12)N/N=C/c1ccc(-c2ccc([N+](=O)[O-])cc2)o1. The third-order valence-electron chi connectivity index (χ3n) is 4.68. The summed E-state index contributed by atoms with van der Waals surface area (Å²) in [5, 5.41) is 16.8. The van der Waals surface area contributed by atoms with Gasteiger partial charge in [0, 0.05) is 22.2 Å². The second-order valence-electron chi connectivity index (χ2n) is 6.73. The highest BCUT2D eigenvalue weighted by atomic mass is 79.9. The van der Waals surface area contributed by atoms with Crippen molar-refractivity contribution in [2.24, 2.45) is 5.10 Å². The van der Waals surface area contributed by atoms with E-state index >= 15 is 0 Å². The number of rotatable bonds is 6. The Morgan fingerprint density at radius 1 is 1.03 bits per heavy atom.